The third-order valence-electron chi connectivity index (χ3n) is 3.74. The lowest BCUT2D eigenvalue weighted by atomic mass is 10.1. The van der Waals surface area contributed by atoms with Gasteiger partial charge in [-0.2, -0.15) is 0 Å². The Morgan fingerprint density at radius 3 is 2.18 bits per heavy atom. The number of hydrogen-bond donors (Lipinski definition) is 1. The van der Waals surface area contributed by atoms with Crippen LogP contribution in [0.3, 0.4) is 0 Å². The van der Waals surface area contributed by atoms with Gasteiger partial charge in [0.1, 0.15) is 12.4 Å². The molecule has 0 atom stereocenters. The highest BCUT2D eigenvalue weighted by Crippen LogP contribution is 2.39. The maximum absolute atomic E-state index is 10.5. The summed E-state index contributed by atoms with van der Waals surface area (Å²) in [5, 5.41) is 8.62. The fraction of sp³-hybridized carbons (Fsp3) is 0.227. The molecule has 0 aromatic heterocycles. The molecular weight excluding hydrogens is 360 g/mol. The largest absolute Gasteiger partial charge is 0.494 e. The summed E-state index contributed by atoms with van der Waals surface area (Å²) in [7, 11) is 3.10. The van der Waals surface area contributed by atoms with Gasteiger partial charge in [-0.1, -0.05) is 30.4 Å². The Labute approximate surface area is 164 Å². The van der Waals surface area contributed by atoms with Crippen LogP contribution < -0.4 is 18.9 Å². The van der Waals surface area contributed by atoms with E-state index in [1.165, 1.54) is 6.08 Å². The second-order valence-electron chi connectivity index (χ2n) is 5.68. The molecule has 0 fully saturated rings. The zero-order valence-corrected chi connectivity index (χ0v) is 16.2. The summed E-state index contributed by atoms with van der Waals surface area (Å²) < 4.78 is 22.3. The zero-order chi connectivity index (χ0) is 20.4. The summed E-state index contributed by atoms with van der Waals surface area (Å²) >= 11 is 0. The summed E-state index contributed by atoms with van der Waals surface area (Å²) in [5.74, 6) is 1.35. The third-order valence-corrected chi connectivity index (χ3v) is 3.74. The lowest BCUT2D eigenvalue weighted by Crippen LogP contribution is -2.01. The van der Waals surface area contributed by atoms with Gasteiger partial charge in [-0.15, -0.1) is 0 Å². The maximum Gasteiger partial charge on any atom is 0.328 e. The van der Waals surface area contributed by atoms with Gasteiger partial charge in [0.25, 0.3) is 0 Å². The monoisotopic (exact) mass is 384 g/mol. The smallest absolute Gasteiger partial charge is 0.328 e. The lowest BCUT2D eigenvalue weighted by molar-refractivity contribution is -0.131. The van der Waals surface area contributed by atoms with Crippen LogP contribution in [0.1, 0.15) is 18.1 Å². The Balaban J connectivity index is 2.17. The second-order valence-corrected chi connectivity index (χ2v) is 5.68. The molecule has 0 bridgehead atoms. The normalized spacial score (nSPS) is 11.0. The van der Waals surface area contributed by atoms with Gasteiger partial charge in [-0.05, 0) is 42.3 Å². The first-order chi connectivity index (χ1) is 13.6. The van der Waals surface area contributed by atoms with Gasteiger partial charge in [0, 0.05) is 6.08 Å². The van der Waals surface area contributed by atoms with Gasteiger partial charge in [0.2, 0.25) is 5.75 Å². The minimum absolute atomic E-state index is 0.343. The molecule has 0 saturated carbocycles. The molecule has 0 saturated heterocycles. The Morgan fingerprint density at radius 1 is 1.00 bits per heavy atom. The number of allylic oxidation sites excluding steroid dienone is 2. The minimum Gasteiger partial charge on any atom is -0.494 e. The van der Waals surface area contributed by atoms with E-state index in [2.05, 4.69) is 0 Å². The van der Waals surface area contributed by atoms with Crippen LogP contribution in [0.5, 0.6) is 23.0 Å². The van der Waals surface area contributed by atoms with Gasteiger partial charge in [-0.3, -0.25) is 0 Å². The van der Waals surface area contributed by atoms with E-state index in [0.29, 0.717) is 30.5 Å². The Bertz CT molecular complexity index is 812. The third kappa shape index (κ3) is 6.09. The topological polar surface area (TPSA) is 74.2 Å². The molecule has 0 radical (unpaired) electrons. The number of carboxylic acids is 1. The van der Waals surface area contributed by atoms with E-state index in [4.69, 9.17) is 24.1 Å². The quantitative estimate of drug-likeness (QED) is 0.485. The summed E-state index contributed by atoms with van der Waals surface area (Å²) in [5.41, 5.74) is 1.77. The first-order valence-electron chi connectivity index (χ1n) is 8.75. The molecule has 0 aliphatic carbocycles. The van der Waals surface area contributed by atoms with Crippen molar-refractivity contribution in [2.75, 3.05) is 20.8 Å². The van der Waals surface area contributed by atoms with Crippen LogP contribution in [-0.2, 0) is 11.4 Å². The highest BCUT2D eigenvalue weighted by molar-refractivity contribution is 5.80. The number of aliphatic carboxylic acids is 1. The van der Waals surface area contributed by atoms with Crippen molar-refractivity contribution in [2.24, 2.45) is 0 Å². The van der Waals surface area contributed by atoms with Crippen molar-refractivity contribution >= 4 is 12.0 Å². The lowest BCUT2D eigenvalue weighted by Gasteiger charge is -2.15. The molecule has 1 N–H and O–H groups in total. The first-order valence-corrected chi connectivity index (χ1v) is 8.75. The number of methoxy groups -OCH3 is 2. The van der Waals surface area contributed by atoms with Crippen LogP contribution in [0.15, 0.2) is 54.6 Å². The number of hydrogen-bond acceptors (Lipinski definition) is 5. The first kappa shape index (κ1) is 20.9. The molecule has 0 aliphatic rings. The molecule has 2 rings (SSSR count). The van der Waals surface area contributed by atoms with Crippen LogP contribution in [0.4, 0.5) is 0 Å². The summed E-state index contributed by atoms with van der Waals surface area (Å²) in [6, 6.07) is 11.3. The van der Waals surface area contributed by atoms with Gasteiger partial charge < -0.3 is 24.1 Å². The molecule has 2 aromatic rings. The number of carboxylic acid groups (broad SMARTS) is 1. The standard InChI is InChI=1S/C22H24O6/c1-4-27-18-11-9-16(10-12-18)15-28-22-19(25-2)13-17(14-20(22)26-3)7-5-6-8-21(23)24/h5-14H,4,15H2,1-3H3,(H,23,24)/b7-5+,8-6+. The van der Waals surface area contributed by atoms with E-state index in [1.807, 2.05) is 31.2 Å². The number of benzene rings is 2. The predicted molar refractivity (Wildman–Crippen MR) is 107 cm³/mol. The van der Waals surface area contributed by atoms with E-state index in [9.17, 15) is 4.79 Å². The van der Waals surface area contributed by atoms with Crippen LogP contribution in [0.25, 0.3) is 6.08 Å². The highest BCUT2D eigenvalue weighted by atomic mass is 16.5. The summed E-state index contributed by atoms with van der Waals surface area (Å²) in [6.45, 7) is 2.91. The van der Waals surface area contributed by atoms with Crippen molar-refractivity contribution in [1.82, 2.24) is 0 Å². The Kier molecular flexibility index (Phi) is 7.96. The highest BCUT2D eigenvalue weighted by Gasteiger charge is 2.14. The van der Waals surface area contributed by atoms with Crippen molar-refractivity contribution in [3.63, 3.8) is 0 Å². The van der Waals surface area contributed by atoms with E-state index < -0.39 is 5.97 Å². The van der Waals surface area contributed by atoms with Crippen molar-refractivity contribution in [1.29, 1.82) is 0 Å². The van der Waals surface area contributed by atoms with E-state index in [-0.39, 0.29) is 0 Å². The fourth-order valence-electron chi connectivity index (χ4n) is 2.45. The molecule has 2 aromatic carbocycles. The molecule has 0 unspecified atom stereocenters. The molecule has 0 spiro atoms. The Hall–Kier alpha value is -3.41. The maximum atomic E-state index is 10.5. The van der Waals surface area contributed by atoms with Gasteiger partial charge in [0.15, 0.2) is 11.5 Å². The number of rotatable bonds is 10. The SMILES string of the molecule is CCOc1ccc(COc2c(OC)cc(/C=C/C=C/C(=O)O)cc2OC)cc1. The molecule has 28 heavy (non-hydrogen) atoms. The molecule has 6 nitrogen and oxygen atoms in total. The van der Waals surface area contributed by atoms with Crippen molar-refractivity contribution in [2.45, 2.75) is 13.5 Å². The van der Waals surface area contributed by atoms with E-state index >= 15 is 0 Å². The molecule has 0 aliphatic heterocycles. The van der Waals surface area contributed by atoms with Crippen LogP contribution in [-0.4, -0.2) is 31.9 Å². The van der Waals surface area contributed by atoms with Crippen LogP contribution in [0.2, 0.25) is 0 Å². The molecular formula is C22H24O6. The number of ether oxygens (including phenoxy) is 4. The average Bonchev–Trinajstić information content (AvgIpc) is 2.70. The molecule has 6 heteroatoms. The second kappa shape index (κ2) is 10.7. The van der Waals surface area contributed by atoms with E-state index in [0.717, 1.165) is 23.0 Å². The van der Waals surface area contributed by atoms with Crippen molar-refractivity contribution in [3.8, 4) is 23.0 Å². The van der Waals surface area contributed by atoms with Crippen molar-refractivity contribution < 1.29 is 28.8 Å². The predicted octanol–water partition coefficient (Wildman–Crippen LogP) is 4.34. The minimum atomic E-state index is -1.00. The van der Waals surface area contributed by atoms with Crippen LogP contribution in [0, 0.1) is 0 Å². The van der Waals surface area contributed by atoms with Gasteiger partial charge in [-0.25, -0.2) is 4.79 Å². The van der Waals surface area contributed by atoms with E-state index in [1.54, 1.807) is 38.5 Å². The zero-order valence-electron chi connectivity index (χ0n) is 16.2. The number of carbonyl (C=O) groups is 1. The average molecular weight is 384 g/mol. The Morgan fingerprint density at radius 2 is 1.64 bits per heavy atom. The van der Waals surface area contributed by atoms with Gasteiger partial charge >= 0.3 is 5.97 Å². The molecule has 0 heterocycles. The summed E-state index contributed by atoms with van der Waals surface area (Å²) in [6.07, 6.45) is 5.88. The van der Waals surface area contributed by atoms with Crippen LogP contribution >= 0.6 is 0 Å². The van der Waals surface area contributed by atoms with Crippen molar-refractivity contribution in [3.05, 3.63) is 65.8 Å². The molecule has 148 valence electrons. The summed E-state index contributed by atoms with van der Waals surface area (Å²) in [4.78, 5) is 10.5. The van der Waals surface area contributed by atoms with Gasteiger partial charge in [0.05, 0.1) is 20.8 Å². The molecule has 0 amide bonds. The fourth-order valence-corrected chi connectivity index (χ4v) is 2.45.